The summed E-state index contributed by atoms with van der Waals surface area (Å²) in [6.45, 7) is 23.3. The molecule has 0 spiro atoms. The van der Waals surface area contributed by atoms with Crippen molar-refractivity contribution < 1.29 is 28.4 Å². The first kappa shape index (κ1) is 34.8. The zero-order valence-corrected chi connectivity index (χ0v) is 30.8. The van der Waals surface area contributed by atoms with Crippen molar-refractivity contribution in [2.75, 3.05) is 39.6 Å². The molecule has 0 aromatic heterocycles. The van der Waals surface area contributed by atoms with Gasteiger partial charge in [-0.2, -0.15) is 0 Å². The molecule has 2 fully saturated rings. The van der Waals surface area contributed by atoms with Gasteiger partial charge in [0.05, 0.1) is 26.4 Å². The lowest BCUT2D eigenvalue weighted by atomic mass is 9.96. The Labute approximate surface area is 292 Å². The van der Waals surface area contributed by atoms with E-state index in [9.17, 15) is 0 Å². The predicted molar refractivity (Wildman–Crippen MR) is 197 cm³/mol. The minimum Gasteiger partial charge on any atom is -0.493 e. The second-order valence-corrected chi connectivity index (χ2v) is 14.3. The Hall–Kier alpha value is -4.00. The molecule has 2 aliphatic heterocycles. The Morgan fingerprint density at radius 1 is 0.490 bits per heavy atom. The Bertz CT molecular complexity index is 1720. The molecular formula is C43H52O6. The summed E-state index contributed by atoms with van der Waals surface area (Å²) in [7, 11) is 0. The molecule has 4 aromatic carbocycles. The van der Waals surface area contributed by atoms with E-state index in [2.05, 4.69) is 111 Å². The highest BCUT2D eigenvalue weighted by atomic mass is 16.6. The van der Waals surface area contributed by atoms with Crippen LogP contribution in [0.25, 0.3) is 22.3 Å². The summed E-state index contributed by atoms with van der Waals surface area (Å²) in [5, 5.41) is 0. The molecule has 3 unspecified atom stereocenters. The number of ether oxygens (including phenoxy) is 6. The second kappa shape index (κ2) is 14.9. The van der Waals surface area contributed by atoms with Gasteiger partial charge in [-0.1, -0.05) is 6.92 Å². The standard InChI is InChI=1S/C43H52O6/c1-25(20-47-41-28(4)14-35(15-29(41)5)37-18-32(8)43(33(9)19-37)49-24-39-22-46-39)10-11-44-40-26(2)12-34(13-27(40)3)36-16-30(6)42(31(7)17-36)48-23-38-21-45-38/h12-19,25,38-39H,10-11,20-24H2,1-9H3. The Morgan fingerprint density at radius 3 is 1.08 bits per heavy atom. The van der Waals surface area contributed by atoms with E-state index < -0.39 is 0 Å². The third-order valence-electron chi connectivity index (χ3n) is 9.51. The Morgan fingerprint density at radius 2 is 0.776 bits per heavy atom. The van der Waals surface area contributed by atoms with E-state index in [4.69, 9.17) is 28.4 Å². The molecule has 0 amide bonds. The molecule has 49 heavy (non-hydrogen) atoms. The van der Waals surface area contributed by atoms with Gasteiger partial charge in [0.2, 0.25) is 0 Å². The van der Waals surface area contributed by atoms with Crippen molar-refractivity contribution in [3.8, 4) is 45.3 Å². The summed E-state index contributed by atoms with van der Waals surface area (Å²) < 4.78 is 35.5. The van der Waals surface area contributed by atoms with Crippen molar-refractivity contribution in [3.05, 3.63) is 93.0 Å². The first-order chi connectivity index (χ1) is 23.5. The molecule has 260 valence electrons. The van der Waals surface area contributed by atoms with E-state index in [0.717, 1.165) is 87.1 Å². The fourth-order valence-electron chi connectivity index (χ4n) is 6.73. The van der Waals surface area contributed by atoms with Crippen molar-refractivity contribution in [3.63, 3.8) is 0 Å². The van der Waals surface area contributed by atoms with Gasteiger partial charge in [-0.25, -0.2) is 0 Å². The third-order valence-corrected chi connectivity index (χ3v) is 9.51. The van der Waals surface area contributed by atoms with Crippen LogP contribution in [0.2, 0.25) is 0 Å². The summed E-state index contributed by atoms with van der Waals surface area (Å²) in [4.78, 5) is 0. The van der Waals surface area contributed by atoms with E-state index >= 15 is 0 Å². The van der Waals surface area contributed by atoms with Gasteiger partial charge >= 0.3 is 0 Å². The van der Waals surface area contributed by atoms with Gasteiger partial charge in [0.1, 0.15) is 48.4 Å². The smallest absolute Gasteiger partial charge is 0.125 e. The van der Waals surface area contributed by atoms with Crippen LogP contribution < -0.4 is 18.9 Å². The minimum absolute atomic E-state index is 0.246. The highest BCUT2D eigenvalue weighted by Gasteiger charge is 2.25. The highest BCUT2D eigenvalue weighted by molar-refractivity contribution is 5.71. The summed E-state index contributed by atoms with van der Waals surface area (Å²) in [5.41, 5.74) is 13.9. The molecule has 6 rings (SSSR count). The average molecular weight is 665 g/mol. The summed E-state index contributed by atoms with van der Waals surface area (Å²) in [6.07, 6.45) is 1.40. The van der Waals surface area contributed by atoms with Crippen LogP contribution in [0.15, 0.2) is 48.5 Å². The van der Waals surface area contributed by atoms with Gasteiger partial charge in [0.25, 0.3) is 0 Å². The molecule has 0 radical (unpaired) electrons. The number of epoxide rings is 2. The maximum absolute atomic E-state index is 6.42. The van der Waals surface area contributed by atoms with Crippen LogP contribution in [0.4, 0.5) is 0 Å². The van der Waals surface area contributed by atoms with Crippen molar-refractivity contribution in [2.45, 2.75) is 80.9 Å². The monoisotopic (exact) mass is 664 g/mol. The van der Waals surface area contributed by atoms with Gasteiger partial charge in [0.15, 0.2) is 0 Å². The van der Waals surface area contributed by atoms with Crippen LogP contribution in [0.1, 0.15) is 57.9 Å². The fraction of sp³-hybridized carbons (Fsp3) is 0.442. The summed E-state index contributed by atoms with van der Waals surface area (Å²) >= 11 is 0. The van der Waals surface area contributed by atoms with Crippen LogP contribution in [0.3, 0.4) is 0 Å². The van der Waals surface area contributed by atoms with E-state index in [1.54, 1.807) is 0 Å². The predicted octanol–water partition coefficient (Wildman–Crippen LogP) is 9.53. The molecule has 2 aliphatic rings. The Balaban J connectivity index is 1.03. The maximum Gasteiger partial charge on any atom is 0.125 e. The molecule has 6 nitrogen and oxygen atoms in total. The lowest BCUT2D eigenvalue weighted by Gasteiger charge is -2.19. The summed E-state index contributed by atoms with van der Waals surface area (Å²) in [5.74, 6) is 4.21. The molecule has 0 saturated carbocycles. The third kappa shape index (κ3) is 8.60. The topological polar surface area (TPSA) is 62.0 Å². The van der Waals surface area contributed by atoms with E-state index in [1.165, 1.54) is 22.3 Å². The first-order valence-corrected chi connectivity index (χ1v) is 17.7. The second-order valence-electron chi connectivity index (χ2n) is 14.3. The quantitative estimate of drug-likeness (QED) is 0.118. The van der Waals surface area contributed by atoms with Crippen LogP contribution >= 0.6 is 0 Å². The van der Waals surface area contributed by atoms with Crippen LogP contribution in [-0.4, -0.2) is 51.8 Å². The van der Waals surface area contributed by atoms with Gasteiger partial charge in [0, 0.05) is 0 Å². The zero-order valence-electron chi connectivity index (χ0n) is 30.8. The molecule has 2 saturated heterocycles. The maximum atomic E-state index is 6.42. The van der Waals surface area contributed by atoms with Crippen molar-refractivity contribution in [1.29, 1.82) is 0 Å². The number of hydrogen-bond donors (Lipinski definition) is 0. The molecule has 2 heterocycles. The normalized spacial score (nSPS) is 17.1. The van der Waals surface area contributed by atoms with Crippen molar-refractivity contribution >= 4 is 0 Å². The zero-order chi connectivity index (χ0) is 34.8. The lowest BCUT2D eigenvalue weighted by Crippen LogP contribution is -2.14. The van der Waals surface area contributed by atoms with Crippen LogP contribution in [0.5, 0.6) is 23.0 Å². The molecular weight excluding hydrogens is 612 g/mol. The summed E-state index contributed by atoms with van der Waals surface area (Å²) in [6, 6.07) is 17.8. The number of aryl methyl sites for hydroxylation is 8. The van der Waals surface area contributed by atoms with Gasteiger partial charge in [-0.15, -0.1) is 0 Å². The fourth-order valence-corrected chi connectivity index (χ4v) is 6.73. The van der Waals surface area contributed by atoms with Gasteiger partial charge < -0.3 is 28.4 Å². The van der Waals surface area contributed by atoms with Crippen molar-refractivity contribution in [2.24, 2.45) is 5.92 Å². The Kier molecular flexibility index (Phi) is 10.6. The SMILES string of the molecule is Cc1cc(-c2cc(C)c(OCC3CO3)c(C)c2)cc(C)c1OCCC(C)COc1c(C)cc(-c2cc(C)c(OCC3CO3)c(C)c2)cc1C. The molecule has 0 aliphatic carbocycles. The highest BCUT2D eigenvalue weighted by Crippen LogP contribution is 2.36. The first-order valence-electron chi connectivity index (χ1n) is 17.7. The molecule has 6 heteroatoms. The molecule has 4 aromatic rings. The average Bonchev–Trinajstić information content (AvgIpc) is 3.97. The van der Waals surface area contributed by atoms with Crippen molar-refractivity contribution in [1.82, 2.24) is 0 Å². The lowest BCUT2D eigenvalue weighted by molar-refractivity contribution is 0.215. The van der Waals surface area contributed by atoms with E-state index in [-0.39, 0.29) is 12.2 Å². The number of rotatable bonds is 15. The molecule has 0 N–H and O–H groups in total. The van der Waals surface area contributed by atoms with E-state index in [1.807, 2.05) is 0 Å². The molecule has 3 atom stereocenters. The minimum atomic E-state index is 0.246. The largest absolute Gasteiger partial charge is 0.493 e. The molecule has 0 bridgehead atoms. The number of benzene rings is 4. The van der Waals surface area contributed by atoms with E-state index in [0.29, 0.717) is 32.3 Å². The van der Waals surface area contributed by atoms with Gasteiger partial charge in [-0.3, -0.25) is 0 Å². The van der Waals surface area contributed by atoms with Crippen LogP contribution in [0, 0.1) is 61.3 Å². The van der Waals surface area contributed by atoms with Gasteiger partial charge in [-0.05, 0) is 183 Å². The van der Waals surface area contributed by atoms with Crippen LogP contribution in [-0.2, 0) is 9.47 Å². The number of hydrogen-bond acceptors (Lipinski definition) is 6.